The molecule has 6 heteroatoms. The van der Waals surface area contributed by atoms with Crippen LogP contribution in [0.2, 0.25) is 0 Å². The van der Waals surface area contributed by atoms with Crippen LogP contribution in [-0.2, 0) is 9.53 Å². The Kier molecular flexibility index (Phi) is 7.42. The van der Waals surface area contributed by atoms with E-state index in [0.717, 1.165) is 19.3 Å². The number of nitrogens with zero attached hydrogens (tertiary/aromatic N) is 1. The molecule has 130 valence electrons. The third kappa shape index (κ3) is 6.12. The summed E-state index contributed by atoms with van der Waals surface area (Å²) in [5, 5.41) is 13.7. The molecular weight excluding hydrogens is 308 g/mol. The Labute approximate surface area is 142 Å². The molecule has 1 aliphatic rings. The first kappa shape index (κ1) is 18.1. The number of rotatable bonds is 8. The van der Waals surface area contributed by atoms with Crippen molar-refractivity contribution in [2.75, 3.05) is 13.2 Å². The van der Waals surface area contributed by atoms with Gasteiger partial charge in [0.25, 0.3) is 5.69 Å². The minimum absolute atomic E-state index is 0.0116. The van der Waals surface area contributed by atoms with Crippen LogP contribution in [0.4, 0.5) is 5.69 Å². The van der Waals surface area contributed by atoms with Crippen molar-refractivity contribution in [2.45, 2.75) is 44.6 Å². The van der Waals surface area contributed by atoms with E-state index in [4.69, 9.17) is 4.74 Å². The highest BCUT2D eigenvalue weighted by Gasteiger charge is 2.13. The predicted octanol–water partition coefficient (Wildman–Crippen LogP) is 3.46. The Morgan fingerprint density at radius 1 is 1.29 bits per heavy atom. The van der Waals surface area contributed by atoms with Crippen LogP contribution in [0.5, 0.6) is 0 Å². The lowest BCUT2D eigenvalue weighted by Crippen LogP contribution is -2.24. The summed E-state index contributed by atoms with van der Waals surface area (Å²) in [6, 6.07) is 6.33. The summed E-state index contributed by atoms with van der Waals surface area (Å²) in [7, 11) is 0. The maximum absolute atomic E-state index is 11.8. The topological polar surface area (TPSA) is 81.5 Å². The number of amides is 1. The van der Waals surface area contributed by atoms with Crippen molar-refractivity contribution in [3.05, 3.63) is 46.0 Å². The van der Waals surface area contributed by atoms with Crippen LogP contribution in [0, 0.1) is 10.1 Å². The van der Waals surface area contributed by atoms with Crippen LogP contribution in [0.1, 0.15) is 44.1 Å². The molecule has 24 heavy (non-hydrogen) atoms. The number of ether oxygens (including phenoxy) is 1. The Hall–Kier alpha value is -2.21. The Morgan fingerprint density at radius 3 is 2.79 bits per heavy atom. The molecule has 1 N–H and O–H groups in total. The van der Waals surface area contributed by atoms with Gasteiger partial charge in [-0.3, -0.25) is 14.9 Å². The highest BCUT2D eigenvalue weighted by Crippen LogP contribution is 2.20. The highest BCUT2D eigenvalue weighted by molar-refractivity contribution is 5.92. The second kappa shape index (κ2) is 9.82. The summed E-state index contributed by atoms with van der Waals surface area (Å²) in [6.45, 7) is 1.19. The fourth-order valence-electron chi connectivity index (χ4n) is 2.78. The number of nitro benzene ring substituents is 1. The maximum atomic E-state index is 11.8. The molecule has 6 nitrogen and oxygen atoms in total. The molecule has 1 fully saturated rings. The molecule has 0 heterocycles. The molecule has 1 aliphatic carbocycles. The minimum atomic E-state index is -0.458. The minimum Gasteiger partial charge on any atom is -0.378 e. The van der Waals surface area contributed by atoms with E-state index in [2.05, 4.69) is 5.32 Å². The summed E-state index contributed by atoms with van der Waals surface area (Å²) in [5.74, 6) is -0.259. The van der Waals surface area contributed by atoms with Crippen LogP contribution < -0.4 is 5.32 Å². The average molecular weight is 332 g/mol. The molecule has 0 aliphatic heterocycles. The van der Waals surface area contributed by atoms with Crippen LogP contribution in [0.25, 0.3) is 6.08 Å². The van der Waals surface area contributed by atoms with Crippen molar-refractivity contribution >= 4 is 17.7 Å². The van der Waals surface area contributed by atoms with E-state index in [1.807, 2.05) is 0 Å². The molecular formula is C18H24N2O4. The van der Waals surface area contributed by atoms with Gasteiger partial charge < -0.3 is 10.1 Å². The van der Waals surface area contributed by atoms with Crippen molar-refractivity contribution in [3.63, 3.8) is 0 Å². The summed E-state index contributed by atoms with van der Waals surface area (Å²) >= 11 is 0. The molecule has 1 amide bonds. The van der Waals surface area contributed by atoms with Crippen molar-refractivity contribution in [3.8, 4) is 0 Å². The van der Waals surface area contributed by atoms with Crippen molar-refractivity contribution < 1.29 is 14.5 Å². The number of nitrogens with one attached hydrogen (secondary N) is 1. The zero-order chi connectivity index (χ0) is 17.2. The number of hydrogen-bond donors (Lipinski definition) is 1. The second-order valence-electron chi connectivity index (χ2n) is 5.92. The fraction of sp³-hybridized carbons (Fsp3) is 0.500. The van der Waals surface area contributed by atoms with E-state index >= 15 is 0 Å². The van der Waals surface area contributed by atoms with Crippen LogP contribution in [0.3, 0.4) is 0 Å². The molecule has 1 saturated carbocycles. The third-order valence-electron chi connectivity index (χ3n) is 4.07. The van der Waals surface area contributed by atoms with E-state index in [9.17, 15) is 14.9 Å². The number of nitro groups is 1. The van der Waals surface area contributed by atoms with Gasteiger partial charge in [-0.2, -0.15) is 0 Å². The number of carbonyl (C=O) groups excluding carboxylic acids is 1. The second-order valence-corrected chi connectivity index (χ2v) is 5.92. The summed E-state index contributed by atoms with van der Waals surface area (Å²) in [4.78, 5) is 22.2. The largest absolute Gasteiger partial charge is 0.378 e. The Bertz CT molecular complexity index is 580. The smallest absolute Gasteiger partial charge is 0.276 e. The molecule has 0 aromatic heterocycles. The van der Waals surface area contributed by atoms with Gasteiger partial charge in [-0.1, -0.05) is 31.4 Å². The van der Waals surface area contributed by atoms with Crippen molar-refractivity contribution in [1.82, 2.24) is 5.32 Å². The first-order valence-corrected chi connectivity index (χ1v) is 8.48. The van der Waals surface area contributed by atoms with Gasteiger partial charge in [-0.25, -0.2) is 0 Å². The van der Waals surface area contributed by atoms with Gasteiger partial charge in [0.05, 0.1) is 16.6 Å². The first-order chi connectivity index (χ1) is 11.7. The van der Waals surface area contributed by atoms with Gasteiger partial charge in [-0.05, 0) is 31.4 Å². The maximum Gasteiger partial charge on any atom is 0.276 e. The molecule has 0 atom stereocenters. The van der Waals surface area contributed by atoms with Gasteiger partial charge in [0.1, 0.15) is 0 Å². The van der Waals surface area contributed by atoms with Gasteiger partial charge in [-0.15, -0.1) is 0 Å². The van der Waals surface area contributed by atoms with Crippen LogP contribution in [0.15, 0.2) is 30.3 Å². The number of para-hydroxylation sites is 1. The first-order valence-electron chi connectivity index (χ1n) is 8.48. The number of hydrogen-bond acceptors (Lipinski definition) is 4. The zero-order valence-electron chi connectivity index (χ0n) is 13.8. The van der Waals surface area contributed by atoms with Crippen molar-refractivity contribution in [2.24, 2.45) is 0 Å². The van der Waals surface area contributed by atoms with Crippen molar-refractivity contribution in [1.29, 1.82) is 0 Å². The van der Waals surface area contributed by atoms with Gasteiger partial charge >= 0.3 is 0 Å². The Balaban J connectivity index is 1.67. The number of carbonyl (C=O) groups is 1. The summed E-state index contributed by atoms with van der Waals surface area (Å²) < 4.78 is 5.79. The van der Waals surface area contributed by atoms with E-state index in [-0.39, 0.29) is 11.6 Å². The third-order valence-corrected chi connectivity index (χ3v) is 4.07. The average Bonchev–Trinajstić information content (AvgIpc) is 2.60. The van der Waals surface area contributed by atoms with E-state index < -0.39 is 4.92 Å². The molecule has 0 saturated heterocycles. The fourth-order valence-corrected chi connectivity index (χ4v) is 2.78. The van der Waals surface area contributed by atoms with E-state index in [1.165, 1.54) is 37.5 Å². The van der Waals surface area contributed by atoms with Crippen LogP contribution >= 0.6 is 0 Å². The molecule has 0 spiro atoms. The summed E-state index contributed by atoms with van der Waals surface area (Å²) in [6.07, 6.45) is 10.0. The SMILES string of the molecule is O=C(/C=C/c1ccccc1[N+](=O)[O-])NCCCOC1CCCCC1. The predicted molar refractivity (Wildman–Crippen MR) is 92.6 cm³/mol. The van der Waals surface area contributed by atoms with E-state index in [0.29, 0.717) is 24.8 Å². The molecule has 1 aromatic rings. The van der Waals surface area contributed by atoms with E-state index in [1.54, 1.807) is 18.2 Å². The van der Waals surface area contributed by atoms with Gasteiger partial charge in [0.2, 0.25) is 5.91 Å². The van der Waals surface area contributed by atoms with Gasteiger partial charge in [0, 0.05) is 25.3 Å². The molecule has 0 unspecified atom stereocenters. The lowest BCUT2D eigenvalue weighted by Gasteiger charge is -2.21. The number of benzene rings is 1. The molecule has 2 rings (SSSR count). The quantitative estimate of drug-likeness (QED) is 0.342. The summed E-state index contributed by atoms with van der Waals surface area (Å²) in [5.41, 5.74) is 0.403. The lowest BCUT2D eigenvalue weighted by atomic mass is 9.98. The monoisotopic (exact) mass is 332 g/mol. The van der Waals surface area contributed by atoms with Gasteiger partial charge in [0.15, 0.2) is 0 Å². The standard InChI is InChI=1S/C18H24N2O4/c21-18(12-11-15-7-4-5-10-17(15)20(22)23)19-13-6-14-24-16-8-2-1-3-9-16/h4-5,7,10-12,16H,1-3,6,8-9,13-14H2,(H,19,21)/b12-11+. The lowest BCUT2D eigenvalue weighted by molar-refractivity contribution is -0.385. The van der Waals surface area contributed by atoms with Crippen LogP contribution in [-0.4, -0.2) is 30.1 Å². The Morgan fingerprint density at radius 2 is 2.04 bits per heavy atom. The molecule has 0 bridgehead atoms. The molecule has 0 radical (unpaired) electrons. The molecule has 1 aromatic carbocycles. The zero-order valence-corrected chi connectivity index (χ0v) is 13.8. The normalized spacial score (nSPS) is 15.5. The highest BCUT2D eigenvalue weighted by atomic mass is 16.6.